The summed E-state index contributed by atoms with van der Waals surface area (Å²) in [6, 6.07) is 6.29. The highest BCUT2D eigenvalue weighted by molar-refractivity contribution is 6.06. The fourth-order valence-corrected chi connectivity index (χ4v) is 3.43. The lowest BCUT2D eigenvalue weighted by Crippen LogP contribution is -2.35. The lowest BCUT2D eigenvalue weighted by Gasteiger charge is -2.32. The molecule has 0 spiro atoms. The molecule has 22 heavy (non-hydrogen) atoms. The maximum absolute atomic E-state index is 9.26. The van der Waals surface area contributed by atoms with Gasteiger partial charge >= 0.3 is 0 Å². The van der Waals surface area contributed by atoms with Crippen LogP contribution >= 0.6 is 0 Å². The van der Waals surface area contributed by atoms with Crippen molar-refractivity contribution in [2.45, 2.75) is 12.8 Å². The number of aryl methyl sites for hydroxylation is 1. The quantitative estimate of drug-likeness (QED) is 0.788. The van der Waals surface area contributed by atoms with E-state index in [9.17, 15) is 5.11 Å². The van der Waals surface area contributed by atoms with Crippen molar-refractivity contribution < 1.29 is 5.11 Å². The zero-order chi connectivity index (χ0) is 15.1. The summed E-state index contributed by atoms with van der Waals surface area (Å²) >= 11 is 0. The molecule has 0 radical (unpaired) electrons. The molecule has 1 fully saturated rings. The minimum atomic E-state index is 0.302. The predicted octanol–water partition coefficient (Wildman–Crippen LogP) is 2.33. The van der Waals surface area contributed by atoms with Gasteiger partial charge in [-0.3, -0.25) is 4.98 Å². The molecule has 3 aromatic rings. The van der Waals surface area contributed by atoms with Gasteiger partial charge in [-0.25, -0.2) is 4.98 Å². The van der Waals surface area contributed by atoms with Crippen molar-refractivity contribution in [3.05, 3.63) is 30.6 Å². The first-order chi connectivity index (χ1) is 10.8. The van der Waals surface area contributed by atoms with Gasteiger partial charge in [0.05, 0.1) is 5.52 Å². The number of fused-ring (bicyclic) bond motifs is 3. The number of nitrogens with zero attached hydrogens (tertiary/aromatic N) is 4. The Balaban J connectivity index is 1.75. The Labute approximate surface area is 129 Å². The molecule has 0 unspecified atom stereocenters. The van der Waals surface area contributed by atoms with E-state index < -0.39 is 0 Å². The van der Waals surface area contributed by atoms with Gasteiger partial charge in [-0.1, -0.05) is 0 Å². The zero-order valence-corrected chi connectivity index (χ0v) is 12.7. The lowest BCUT2D eigenvalue weighted by molar-refractivity contribution is 0.203. The molecular weight excluding hydrogens is 276 g/mol. The molecule has 4 rings (SSSR count). The topological polar surface area (TPSA) is 54.2 Å². The second-order valence-electron chi connectivity index (χ2n) is 6.11. The van der Waals surface area contributed by atoms with Crippen molar-refractivity contribution in [3.63, 3.8) is 0 Å². The van der Waals surface area contributed by atoms with Crippen LogP contribution in [0.15, 0.2) is 30.6 Å². The lowest BCUT2D eigenvalue weighted by atomic mass is 9.98. The minimum absolute atomic E-state index is 0.302. The monoisotopic (exact) mass is 296 g/mol. The number of anilines is 1. The number of aliphatic hydroxyl groups is 1. The molecule has 1 aliphatic heterocycles. The summed E-state index contributed by atoms with van der Waals surface area (Å²) in [5, 5.41) is 11.6. The van der Waals surface area contributed by atoms with Crippen LogP contribution in [-0.4, -0.2) is 39.3 Å². The van der Waals surface area contributed by atoms with Crippen LogP contribution in [0.5, 0.6) is 0 Å². The van der Waals surface area contributed by atoms with E-state index >= 15 is 0 Å². The molecule has 1 N–H and O–H groups in total. The fourth-order valence-electron chi connectivity index (χ4n) is 3.43. The average Bonchev–Trinajstić information content (AvgIpc) is 2.88. The highest BCUT2D eigenvalue weighted by Crippen LogP contribution is 2.29. The molecule has 1 aliphatic rings. The van der Waals surface area contributed by atoms with Gasteiger partial charge < -0.3 is 14.6 Å². The maximum atomic E-state index is 9.26. The number of hydrogen-bond acceptors (Lipinski definition) is 4. The Kier molecular flexibility index (Phi) is 3.22. The molecule has 3 aromatic heterocycles. The summed E-state index contributed by atoms with van der Waals surface area (Å²) in [5.74, 6) is 1.48. The van der Waals surface area contributed by atoms with Gasteiger partial charge in [0.25, 0.3) is 0 Å². The maximum Gasteiger partial charge on any atom is 0.143 e. The summed E-state index contributed by atoms with van der Waals surface area (Å²) in [4.78, 5) is 11.4. The van der Waals surface area contributed by atoms with Crippen molar-refractivity contribution in [2.75, 3.05) is 24.6 Å². The first kappa shape index (κ1) is 13.5. The first-order valence-corrected chi connectivity index (χ1v) is 7.83. The standard InChI is InChI=1S/C17H20N4O/c1-20-15-4-7-18-10-14(15)13-2-3-16(19-17(13)20)21-8-5-12(11-22)6-9-21/h2-4,7,10,12,22H,5-6,8-9,11H2,1H3. The van der Waals surface area contributed by atoms with Crippen LogP contribution in [0.4, 0.5) is 5.82 Å². The summed E-state index contributed by atoms with van der Waals surface area (Å²) < 4.78 is 2.14. The van der Waals surface area contributed by atoms with E-state index in [0.29, 0.717) is 12.5 Å². The Morgan fingerprint density at radius 1 is 1.18 bits per heavy atom. The number of pyridine rings is 2. The van der Waals surface area contributed by atoms with Gasteiger partial charge in [0.2, 0.25) is 0 Å². The third kappa shape index (κ3) is 2.04. The fraction of sp³-hybridized carbons (Fsp3) is 0.412. The van der Waals surface area contributed by atoms with Gasteiger partial charge in [0.15, 0.2) is 0 Å². The Morgan fingerprint density at radius 2 is 2.00 bits per heavy atom. The van der Waals surface area contributed by atoms with Crippen molar-refractivity contribution >= 4 is 27.8 Å². The van der Waals surface area contributed by atoms with E-state index in [4.69, 9.17) is 4.98 Å². The van der Waals surface area contributed by atoms with Crippen molar-refractivity contribution in [1.29, 1.82) is 0 Å². The Hall–Kier alpha value is -2.14. The summed E-state index contributed by atoms with van der Waals surface area (Å²) in [6.45, 7) is 2.24. The van der Waals surface area contributed by atoms with Gasteiger partial charge in [-0.15, -0.1) is 0 Å². The normalized spacial score (nSPS) is 16.7. The molecule has 5 heteroatoms. The number of rotatable bonds is 2. The van der Waals surface area contributed by atoms with E-state index in [1.54, 1.807) is 0 Å². The van der Waals surface area contributed by atoms with Crippen LogP contribution in [0.3, 0.4) is 0 Å². The SMILES string of the molecule is Cn1c2ccncc2c2ccc(N3CCC(CO)CC3)nc21. The Bertz CT molecular complexity index is 818. The van der Waals surface area contributed by atoms with Crippen LogP contribution in [0, 0.1) is 5.92 Å². The van der Waals surface area contributed by atoms with Gasteiger partial charge in [0, 0.05) is 49.9 Å². The van der Waals surface area contributed by atoms with E-state index in [1.165, 1.54) is 0 Å². The third-order valence-electron chi connectivity index (χ3n) is 4.82. The number of hydrogen-bond donors (Lipinski definition) is 1. The Morgan fingerprint density at radius 3 is 2.77 bits per heavy atom. The second-order valence-corrected chi connectivity index (χ2v) is 6.11. The largest absolute Gasteiger partial charge is 0.396 e. The molecule has 0 bridgehead atoms. The number of aliphatic hydroxyl groups excluding tert-OH is 1. The van der Waals surface area contributed by atoms with Crippen LogP contribution in [-0.2, 0) is 7.05 Å². The van der Waals surface area contributed by atoms with Crippen molar-refractivity contribution in [2.24, 2.45) is 13.0 Å². The summed E-state index contributed by atoms with van der Waals surface area (Å²) in [7, 11) is 2.06. The van der Waals surface area contributed by atoms with Crippen LogP contribution in [0.25, 0.3) is 21.9 Å². The smallest absolute Gasteiger partial charge is 0.143 e. The molecule has 0 saturated carbocycles. The molecular formula is C17H20N4O. The minimum Gasteiger partial charge on any atom is -0.396 e. The molecule has 4 heterocycles. The first-order valence-electron chi connectivity index (χ1n) is 7.83. The molecule has 1 saturated heterocycles. The van der Waals surface area contributed by atoms with E-state index in [0.717, 1.165) is 53.7 Å². The number of aromatic nitrogens is 3. The highest BCUT2D eigenvalue weighted by Gasteiger charge is 2.20. The molecule has 0 atom stereocenters. The molecule has 0 amide bonds. The van der Waals surface area contributed by atoms with Gasteiger partial charge in [-0.05, 0) is 37.0 Å². The van der Waals surface area contributed by atoms with Gasteiger partial charge in [-0.2, -0.15) is 0 Å². The van der Waals surface area contributed by atoms with E-state index in [1.807, 2.05) is 18.5 Å². The predicted molar refractivity (Wildman–Crippen MR) is 88.0 cm³/mol. The highest BCUT2D eigenvalue weighted by atomic mass is 16.3. The molecule has 114 valence electrons. The molecule has 0 aromatic carbocycles. The second kappa shape index (κ2) is 5.25. The van der Waals surface area contributed by atoms with Crippen molar-refractivity contribution in [3.8, 4) is 0 Å². The third-order valence-corrected chi connectivity index (χ3v) is 4.82. The van der Waals surface area contributed by atoms with Crippen LogP contribution in [0.2, 0.25) is 0 Å². The van der Waals surface area contributed by atoms with E-state index in [-0.39, 0.29) is 0 Å². The average molecular weight is 296 g/mol. The molecule has 5 nitrogen and oxygen atoms in total. The summed E-state index contributed by atoms with van der Waals surface area (Å²) in [6.07, 6.45) is 5.80. The zero-order valence-electron chi connectivity index (χ0n) is 12.7. The van der Waals surface area contributed by atoms with Gasteiger partial charge in [0.1, 0.15) is 11.5 Å². The van der Waals surface area contributed by atoms with Crippen LogP contribution < -0.4 is 4.90 Å². The molecule has 0 aliphatic carbocycles. The summed E-state index contributed by atoms with van der Waals surface area (Å²) in [5.41, 5.74) is 2.17. The van der Waals surface area contributed by atoms with Crippen LogP contribution in [0.1, 0.15) is 12.8 Å². The van der Waals surface area contributed by atoms with Crippen molar-refractivity contribution in [1.82, 2.24) is 14.5 Å². The number of piperidine rings is 1. The van der Waals surface area contributed by atoms with E-state index in [2.05, 4.69) is 33.6 Å².